The number of nitrogens with zero attached hydrogens (tertiary/aromatic N) is 2. The number of nitrogens with one attached hydrogen (secondary N) is 4. The summed E-state index contributed by atoms with van der Waals surface area (Å²) in [4.78, 5) is 31.9. The van der Waals surface area contributed by atoms with E-state index in [0.29, 0.717) is 22.5 Å². The molecule has 0 spiro atoms. The largest absolute Gasteiger partial charge is 0.399 e. The van der Waals surface area contributed by atoms with E-state index in [1.54, 1.807) is 42.6 Å². The second kappa shape index (κ2) is 12.9. The Morgan fingerprint density at radius 1 is 1.07 bits per heavy atom. The van der Waals surface area contributed by atoms with Crippen LogP contribution in [-0.2, 0) is 17.9 Å². The topological polar surface area (TPSA) is 164 Å². The maximum atomic E-state index is 13.5. The van der Waals surface area contributed by atoms with Gasteiger partial charge in [0.15, 0.2) is 5.82 Å². The smallest absolute Gasteiger partial charge is 0.294 e. The van der Waals surface area contributed by atoms with E-state index in [9.17, 15) is 9.59 Å². The highest BCUT2D eigenvalue weighted by molar-refractivity contribution is 8.00. The molecule has 0 fully saturated rings. The van der Waals surface area contributed by atoms with Crippen molar-refractivity contribution in [3.05, 3.63) is 100 Å². The quantitative estimate of drug-likeness (QED) is 0.0698. The molecule has 1 amide bonds. The highest BCUT2D eigenvalue weighted by Crippen LogP contribution is 2.29. The number of aromatic nitrogens is 2. The number of nitrogen functional groups attached to an aromatic ring is 2. The van der Waals surface area contributed by atoms with Gasteiger partial charge in [-0.1, -0.05) is 42.5 Å². The van der Waals surface area contributed by atoms with Gasteiger partial charge in [-0.25, -0.2) is 4.98 Å². The third-order valence-electron chi connectivity index (χ3n) is 5.82. The summed E-state index contributed by atoms with van der Waals surface area (Å²) in [6.45, 7) is 3.85. The van der Waals surface area contributed by atoms with E-state index in [2.05, 4.69) is 20.3 Å². The number of carbonyl (C=O) groups excluding carboxylic acids is 1. The molecule has 0 unspecified atom stereocenters. The van der Waals surface area contributed by atoms with Crippen LogP contribution in [0.5, 0.6) is 0 Å². The van der Waals surface area contributed by atoms with Crippen molar-refractivity contribution in [2.45, 2.75) is 37.9 Å². The lowest BCUT2D eigenvalue weighted by molar-refractivity contribution is -0.121. The Morgan fingerprint density at radius 2 is 1.80 bits per heavy atom. The highest BCUT2D eigenvalue weighted by Gasteiger charge is 2.17. The van der Waals surface area contributed by atoms with E-state index < -0.39 is 5.56 Å². The molecule has 0 atom stereocenters. The van der Waals surface area contributed by atoms with E-state index >= 15 is 0 Å². The molecule has 11 heteroatoms. The van der Waals surface area contributed by atoms with Crippen LogP contribution in [-0.4, -0.2) is 27.3 Å². The molecule has 10 nitrogen and oxygen atoms in total. The van der Waals surface area contributed by atoms with Gasteiger partial charge in [-0.3, -0.25) is 19.6 Å². The third kappa shape index (κ3) is 7.41. The number of anilines is 3. The Kier molecular flexibility index (Phi) is 9.07. The summed E-state index contributed by atoms with van der Waals surface area (Å²) in [7, 11) is 0. The van der Waals surface area contributed by atoms with Crippen LogP contribution < -0.4 is 32.4 Å². The van der Waals surface area contributed by atoms with Crippen molar-refractivity contribution in [3.8, 4) is 11.3 Å². The normalized spacial score (nSPS) is 10.8. The predicted molar refractivity (Wildman–Crippen MR) is 162 cm³/mol. The van der Waals surface area contributed by atoms with Crippen LogP contribution in [0.4, 0.5) is 17.2 Å². The molecule has 0 bridgehead atoms. The minimum absolute atomic E-state index is 0.0236. The minimum Gasteiger partial charge on any atom is -0.399 e. The molecule has 0 aliphatic rings. The van der Waals surface area contributed by atoms with Crippen molar-refractivity contribution in [3.63, 3.8) is 0 Å². The van der Waals surface area contributed by atoms with Crippen molar-refractivity contribution in [1.82, 2.24) is 14.9 Å². The van der Waals surface area contributed by atoms with E-state index in [1.165, 1.54) is 16.5 Å². The maximum absolute atomic E-state index is 13.5. The summed E-state index contributed by atoms with van der Waals surface area (Å²) in [6.07, 6.45) is 1.57. The van der Waals surface area contributed by atoms with E-state index in [0.717, 1.165) is 16.1 Å². The number of hydrogen-bond donors (Lipinski definition) is 6. The Labute approximate surface area is 236 Å². The molecule has 0 saturated heterocycles. The van der Waals surface area contributed by atoms with Crippen LogP contribution in [0.15, 0.2) is 88.7 Å². The fraction of sp³-hybridized carbons (Fsp3) is 0.172. The maximum Gasteiger partial charge on any atom is 0.294 e. The second-order valence-corrected chi connectivity index (χ2v) is 10.3. The molecule has 4 aromatic rings. The molecule has 4 rings (SSSR count). The average Bonchev–Trinajstić information content (AvgIpc) is 2.93. The van der Waals surface area contributed by atoms with Crippen molar-refractivity contribution < 1.29 is 4.79 Å². The molecule has 8 N–H and O–H groups in total. The van der Waals surface area contributed by atoms with Gasteiger partial charge in [0, 0.05) is 40.0 Å². The number of amides is 1. The fourth-order valence-electron chi connectivity index (χ4n) is 3.91. The van der Waals surface area contributed by atoms with Gasteiger partial charge < -0.3 is 26.8 Å². The first-order valence-corrected chi connectivity index (χ1v) is 13.5. The Hall–Kier alpha value is -4.77. The summed E-state index contributed by atoms with van der Waals surface area (Å²) in [5, 5.41) is 13.4. The van der Waals surface area contributed by atoms with Crippen LogP contribution in [0.2, 0.25) is 0 Å². The zero-order valence-corrected chi connectivity index (χ0v) is 23.1. The van der Waals surface area contributed by atoms with Gasteiger partial charge >= 0.3 is 0 Å². The number of amidine groups is 1. The van der Waals surface area contributed by atoms with Crippen LogP contribution >= 0.6 is 11.9 Å². The van der Waals surface area contributed by atoms with E-state index in [-0.39, 0.29) is 36.7 Å². The van der Waals surface area contributed by atoms with Gasteiger partial charge in [0.1, 0.15) is 12.4 Å². The van der Waals surface area contributed by atoms with Gasteiger partial charge in [0.05, 0.1) is 11.9 Å². The standard InChI is InChI=1S/C29H32N8O2S/c1-18(2)35-28-29(39)37(17-26(38)33-15-19-8-10-20(11-9-19)27(31)32)25(16-34-28)21-12-22(30)14-23(13-21)36-40-24-6-4-3-5-7-24/h3-14,16,18,36H,15,17,30H2,1-2H3,(H3,31,32)(H,33,38)(H,34,35). The Balaban J connectivity index is 1.59. The summed E-state index contributed by atoms with van der Waals surface area (Å²) in [6, 6.07) is 22.3. The fourth-order valence-corrected chi connectivity index (χ4v) is 4.56. The number of hydrogen-bond acceptors (Lipinski definition) is 8. The first-order valence-electron chi connectivity index (χ1n) is 12.6. The molecule has 1 heterocycles. The monoisotopic (exact) mass is 556 g/mol. The second-order valence-electron chi connectivity index (χ2n) is 9.43. The average molecular weight is 557 g/mol. The van der Waals surface area contributed by atoms with Gasteiger partial charge in [0.25, 0.3) is 5.56 Å². The number of nitrogens with two attached hydrogens (primary N) is 2. The summed E-state index contributed by atoms with van der Waals surface area (Å²) >= 11 is 1.44. The lowest BCUT2D eigenvalue weighted by atomic mass is 10.1. The molecule has 40 heavy (non-hydrogen) atoms. The first kappa shape index (κ1) is 28.2. The predicted octanol–water partition coefficient (Wildman–Crippen LogP) is 4.03. The van der Waals surface area contributed by atoms with Crippen LogP contribution in [0, 0.1) is 5.41 Å². The van der Waals surface area contributed by atoms with E-state index in [1.807, 2.05) is 50.2 Å². The molecular weight excluding hydrogens is 524 g/mol. The molecule has 3 aromatic carbocycles. The lowest BCUT2D eigenvalue weighted by Gasteiger charge is -2.17. The summed E-state index contributed by atoms with van der Waals surface area (Å²) in [5.41, 5.74) is 15.1. The van der Waals surface area contributed by atoms with Gasteiger partial charge in [0.2, 0.25) is 5.91 Å². The van der Waals surface area contributed by atoms with Gasteiger partial charge in [-0.05, 0) is 61.7 Å². The zero-order valence-electron chi connectivity index (χ0n) is 22.3. The molecule has 206 valence electrons. The van der Waals surface area contributed by atoms with Crippen molar-refractivity contribution in [1.29, 1.82) is 5.41 Å². The molecule has 0 radical (unpaired) electrons. The minimum atomic E-state index is -0.414. The lowest BCUT2D eigenvalue weighted by Crippen LogP contribution is -2.35. The highest BCUT2D eigenvalue weighted by atomic mass is 32.2. The number of rotatable bonds is 11. The number of carbonyl (C=O) groups is 1. The van der Waals surface area contributed by atoms with Crippen LogP contribution in [0.3, 0.4) is 0 Å². The SMILES string of the molecule is CC(C)Nc1ncc(-c2cc(N)cc(NSc3ccccc3)c2)n(CC(=O)NCc2ccc(C(=N)N)cc2)c1=O. The molecule has 0 aliphatic heterocycles. The van der Waals surface area contributed by atoms with Gasteiger partial charge in [-0.15, -0.1) is 0 Å². The number of benzene rings is 3. The van der Waals surface area contributed by atoms with E-state index in [4.69, 9.17) is 16.9 Å². The van der Waals surface area contributed by atoms with Crippen molar-refractivity contribution in [2.24, 2.45) is 5.73 Å². The van der Waals surface area contributed by atoms with Crippen LogP contribution in [0.25, 0.3) is 11.3 Å². The Bertz CT molecular complexity index is 1550. The summed E-state index contributed by atoms with van der Waals surface area (Å²) < 4.78 is 4.69. The van der Waals surface area contributed by atoms with Gasteiger partial charge in [-0.2, -0.15) is 0 Å². The van der Waals surface area contributed by atoms with Crippen molar-refractivity contribution >= 4 is 40.9 Å². The molecule has 0 saturated carbocycles. The molecular formula is C29H32N8O2S. The third-order valence-corrected chi connectivity index (χ3v) is 6.66. The molecule has 0 aliphatic carbocycles. The molecule has 1 aromatic heterocycles. The zero-order chi connectivity index (χ0) is 28.6. The summed E-state index contributed by atoms with van der Waals surface area (Å²) in [5.74, 6) is -0.208. The first-order chi connectivity index (χ1) is 19.2. The van der Waals surface area contributed by atoms with Crippen LogP contribution in [0.1, 0.15) is 25.0 Å². The van der Waals surface area contributed by atoms with Crippen molar-refractivity contribution in [2.75, 3.05) is 15.8 Å². The Morgan fingerprint density at radius 3 is 2.48 bits per heavy atom.